The molecule has 1 aromatic heterocycles. The lowest BCUT2D eigenvalue weighted by atomic mass is 9.96. The lowest BCUT2D eigenvalue weighted by Gasteiger charge is -2.13. The van der Waals surface area contributed by atoms with Crippen molar-refractivity contribution in [3.05, 3.63) is 200 Å². The van der Waals surface area contributed by atoms with E-state index in [4.69, 9.17) is 15.0 Å². The lowest BCUT2D eigenvalue weighted by molar-refractivity contribution is 1.08. The van der Waals surface area contributed by atoms with E-state index in [1.54, 1.807) is 0 Å². The van der Waals surface area contributed by atoms with E-state index in [0.29, 0.717) is 17.5 Å². The Morgan fingerprint density at radius 3 is 1.35 bits per heavy atom. The molecule has 0 bridgehead atoms. The minimum Gasteiger partial charge on any atom is -0.208 e. The van der Waals surface area contributed by atoms with E-state index in [9.17, 15) is 0 Å². The Morgan fingerprint density at radius 2 is 0.667 bits per heavy atom. The van der Waals surface area contributed by atoms with Crippen molar-refractivity contribution < 1.29 is 0 Å². The summed E-state index contributed by atoms with van der Waals surface area (Å²) in [6.45, 7) is 0. The third-order valence-corrected chi connectivity index (χ3v) is 10.3. The third kappa shape index (κ3) is 5.98. The van der Waals surface area contributed by atoms with Crippen LogP contribution in [0.4, 0.5) is 0 Å². The van der Waals surface area contributed by atoms with Crippen molar-refractivity contribution >= 4 is 32.3 Å². The van der Waals surface area contributed by atoms with Crippen LogP contribution in [0.15, 0.2) is 200 Å². The summed E-state index contributed by atoms with van der Waals surface area (Å²) in [6.07, 6.45) is 0. The average Bonchev–Trinajstić information content (AvgIpc) is 3.26. The van der Waals surface area contributed by atoms with Gasteiger partial charge in [-0.25, -0.2) is 15.0 Å². The number of benzene rings is 9. The van der Waals surface area contributed by atoms with Crippen LogP contribution in [0, 0.1) is 0 Å². The fourth-order valence-corrected chi connectivity index (χ4v) is 7.45. The Hall–Kier alpha value is -7.23. The van der Waals surface area contributed by atoms with E-state index in [1.165, 1.54) is 32.7 Å². The van der Waals surface area contributed by atoms with Gasteiger partial charge in [0.1, 0.15) is 0 Å². The van der Waals surface area contributed by atoms with Crippen LogP contribution in [-0.4, -0.2) is 15.0 Å². The molecule has 0 radical (unpaired) electrons. The highest BCUT2D eigenvalue weighted by Crippen LogP contribution is 2.36. The minimum atomic E-state index is 0.635. The van der Waals surface area contributed by atoms with E-state index < -0.39 is 0 Å². The van der Waals surface area contributed by atoms with Gasteiger partial charge in [0.05, 0.1) is 0 Å². The second-order valence-corrected chi connectivity index (χ2v) is 13.7. The molecule has 0 aliphatic rings. The number of hydrogen-bond donors (Lipinski definition) is 0. The van der Waals surface area contributed by atoms with Crippen LogP contribution in [0.25, 0.3) is 99.9 Å². The number of aromatic nitrogens is 3. The molecule has 0 aliphatic heterocycles. The quantitative estimate of drug-likeness (QED) is 0.175. The van der Waals surface area contributed by atoms with Gasteiger partial charge in [-0.1, -0.05) is 164 Å². The fraction of sp³-hybridized carbons (Fsp3) is 0. The van der Waals surface area contributed by atoms with Crippen molar-refractivity contribution in [2.75, 3.05) is 0 Å². The van der Waals surface area contributed by atoms with E-state index in [1.807, 2.05) is 24.3 Å². The maximum atomic E-state index is 5.20. The summed E-state index contributed by atoms with van der Waals surface area (Å²) in [7, 11) is 0. The highest BCUT2D eigenvalue weighted by Gasteiger charge is 2.16. The highest BCUT2D eigenvalue weighted by molar-refractivity contribution is 5.99. The zero-order valence-corrected chi connectivity index (χ0v) is 29.4. The van der Waals surface area contributed by atoms with Crippen molar-refractivity contribution in [2.24, 2.45) is 0 Å². The van der Waals surface area contributed by atoms with Gasteiger partial charge < -0.3 is 0 Å². The van der Waals surface area contributed by atoms with Crippen LogP contribution < -0.4 is 0 Å². The first kappa shape index (κ1) is 31.5. The molecule has 0 saturated carbocycles. The monoisotopic (exact) mass is 687 g/mol. The van der Waals surface area contributed by atoms with Gasteiger partial charge in [-0.15, -0.1) is 0 Å². The van der Waals surface area contributed by atoms with Gasteiger partial charge >= 0.3 is 0 Å². The Morgan fingerprint density at radius 1 is 0.222 bits per heavy atom. The number of fused-ring (bicyclic) bond motifs is 3. The molecule has 0 N–H and O–H groups in total. The summed E-state index contributed by atoms with van der Waals surface area (Å²) >= 11 is 0. The molecular weight excluding hydrogens is 655 g/mol. The summed E-state index contributed by atoms with van der Waals surface area (Å²) in [5, 5.41) is 7.15. The Balaban J connectivity index is 1.06. The molecule has 0 aliphatic carbocycles. The molecule has 252 valence electrons. The maximum Gasteiger partial charge on any atom is 0.164 e. The van der Waals surface area contributed by atoms with E-state index >= 15 is 0 Å². The van der Waals surface area contributed by atoms with E-state index in [-0.39, 0.29) is 0 Å². The largest absolute Gasteiger partial charge is 0.208 e. The molecule has 0 atom stereocenters. The smallest absolute Gasteiger partial charge is 0.164 e. The molecule has 10 rings (SSSR count). The number of hydrogen-bond acceptors (Lipinski definition) is 3. The van der Waals surface area contributed by atoms with Crippen molar-refractivity contribution in [3.8, 4) is 67.5 Å². The predicted molar refractivity (Wildman–Crippen MR) is 225 cm³/mol. The van der Waals surface area contributed by atoms with Gasteiger partial charge in [0.25, 0.3) is 0 Å². The van der Waals surface area contributed by atoms with E-state index in [0.717, 1.165) is 49.7 Å². The summed E-state index contributed by atoms with van der Waals surface area (Å²) in [6, 6.07) is 70.7. The van der Waals surface area contributed by atoms with Crippen molar-refractivity contribution in [1.82, 2.24) is 15.0 Å². The number of rotatable bonds is 6. The molecule has 1 heterocycles. The first-order chi connectivity index (χ1) is 26.7. The molecule has 0 unspecified atom stereocenters. The molecule has 54 heavy (non-hydrogen) atoms. The van der Waals surface area contributed by atoms with Crippen LogP contribution >= 0.6 is 0 Å². The molecule has 9 aromatic carbocycles. The topological polar surface area (TPSA) is 38.7 Å². The second kappa shape index (κ2) is 13.4. The van der Waals surface area contributed by atoms with Crippen LogP contribution in [-0.2, 0) is 0 Å². The summed E-state index contributed by atoms with van der Waals surface area (Å²) in [5.74, 6) is 1.92. The maximum absolute atomic E-state index is 5.20. The minimum absolute atomic E-state index is 0.635. The van der Waals surface area contributed by atoms with Gasteiger partial charge in [0.2, 0.25) is 0 Å². The third-order valence-electron chi connectivity index (χ3n) is 10.3. The molecule has 10 aromatic rings. The van der Waals surface area contributed by atoms with Gasteiger partial charge in [-0.2, -0.15) is 0 Å². The first-order valence-corrected chi connectivity index (χ1v) is 18.3. The Bertz CT molecular complexity index is 2990. The van der Waals surface area contributed by atoms with Crippen LogP contribution in [0.3, 0.4) is 0 Å². The summed E-state index contributed by atoms with van der Waals surface area (Å²) in [4.78, 5) is 15.4. The molecular formula is C51H33N3. The Labute approximate surface area is 313 Å². The van der Waals surface area contributed by atoms with Crippen molar-refractivity contribution in [2.45, 2.75) is 0 Å². The van der Waals surface area contributed by atoms with Gasteiger partial charge in [0.15, 0.2) is 17.5 Å². The lowest BCUT2D eigenvalue weighted by Crippen LogP contribution is -2.01. The fourth-order valence-electron chi connectivity index (χ4n) is 7.45. The highest BCUT2D eigenvalue weighted by atomic mass is 15.0. The van der Waals surface area contributed by atoms with Crippen LogP contribution in [0.1, 0.15) is 0 Å². The van der Waals surface area contributed by atoms with Gasteiger partial charge in [-0.3, -0.25) is 0 Å². The molecule has 3 nitrogen and oxygen atoms in total. The molecule has 0 saturated heterocycles. The van der Waals surface area contributed by atoms with Crippen molar-refractivity contribution in [1.29, 1.82) is 0 Å². The molecule has 0 amide bonds. The zero-order chi connectivity index (χ0) is 35.8. The second-order valence-electron chi connectivity index (χ2n) is 13.7. The molecule has 3 heteroatoms. The summed E-state index contributed by atoms with van der Waals surface area (Å²) < 4.78 is 0. The zero-order valence-electron chi connectivity index (χ0n) is 29.4. The first-order valence-electron chi connectivity index (χ1n) is 18.3. The van der Waals surface area contributed by atoms with Crippen molar-refractivity contribution in [3.63, 3.8) is 0 Å². The SMILES string of the molecule is c1ccc(-c2cc(-c3nc(-c4ccccc4)nc(-c4cccc(-c5ccc6cc(-c7ccc8ccccc8c7)ccc6c5)c4)n3)c3ccccc3c2)cc1. The van der Waals surface area contributed by atoms with E-state index in [2.05, 4.69) is 176 Å². The normalized spacial score (nSPS) is 11.3. The average molecular weight is 688 g/mol. The van der Waals surface area contributed by atoms with Crippen LogP contribution in [0.2, 0.25) is 0 Å². The predicted octanol–water partition coefficient (Wildman–Crippen LogP) is 13.3. The van der Waals surface area contributed by atoms with Gasteiger partial charge in [-0.05, 0) is 102 Å². The van der Waals surface area contributed by atoms with Crippen LogP contribution in [0.5, 0.6) is 0 Å². The number of nitrogens with zero attached hydrogens (tertiary/aromatic N) is 3. The standard InChI is InChI=1S/C51H33N3/c1-3-12-34(13-4-1)46-32-44-18-9-10-21-47(44)48(33-46)51-53-49(36-15-5-2-6-16-36)52-50(54-51)45-20-11-19-38(31-45)39-24-25-43-30-42(27-26-41(43)29-39)40-23-22-35-14-7-8-17-37(35)28-40/h1-33H. The Kier molecular flexibility index (Phi) is 7.81. The molecule has 0 spiro atoms. The molecule has 0 fully saturated rings. The van der Waals surface area contributed by atoms with Gasteiger partial charge in [0, 0.05) is 16.7 Å². The summed E-state index contributed by atoms with van der Waals surface area (Å²) in [5.41, 5.74) is 9.80.